The van der Waals surface area contributed by atoms with Crippen LogP contribution in [0.3, 0.4) is 0 Å². The molecule has 7 heteroatoms. The normalized spacial score (nSPS) is 11.4. The summed E-state index contributed by atoms with van der Waals surface area (Å²) in [5.74, 6) is -0.414. The van der Waals surface area contributed by atoms with Crippen molar-refractivity contribution < 1.29 is 33.3 Å². The Hall–Kier alpha value is -1.18. The molecule has 0 heterocycles. The van der Waals surface area contributed by atoms with Crippen molar-refractivity contribution in [3.63, 3.8) is 0 Å². The van der Waals surface area contributed by atoms with Gasteiger partial charge in [0.05, 0.1) is 46.1 Å². The van der Waals surface area contributed by atoms with E-state index in [1.165, 1.54) is 25.7 Å². The van der Waals surface area contributed by atoms with Gasteiger partial charge in [0.25, 0.3) is 0 Å². The van der Waals surface area contributed by atoms with E-state index < -0.39 is 5.60 Å². The lowest BCUT2D eigenvalue weighted by Crippen LogP contribution is -2.24. The number of hydrogen-bond donors (Lipinski definition) is 0. The molecular formula is C22H42O7. The van der Waals surface area contributed by atoms with Gasteiger partial charge < -0.3 is 23.7 Å². The Bertz CT molecular complexity index is 404. The number of ether oxygens (including phenoxy) is 5. The molecule has 0 atom stereocenters. The van der Waals surface area contributed by atoms with Gasteiger partial charge in [0.1, 0.15) is 12.2 Å². The third-order valence-electron chi connectivity index (χ3n) is 3.84. The molecular weight excluding hydrogens is 376 g/mol. The van der Waals surface area contributed by atoms with Crippen LogP contribution in [0.1, 0.15) is 79.1 Å². The molecule has 0 unspecified atom stereocenters. The van der Waals surface area contributed by atoms with E-state index in [4.69, 9.17) is 23.7 Å². The molecule has 0 fully saturated rings. The van der Waals surface area contributed by atoms with E-state index in [-0.39, 0.29) is 25.0 Å². The molecule has 0 rings (SSSR count). The van der Waals surface area contributed by atoms with Crippen LogP contribution in [0.2, 0.25) is 0 Å². The Morgan fingerprint density at radius 3 is 1.72 bits per heavy atom. The Morgan fingerprint density at radius 1 is 0.621 bits per heavy atom. The molecule has 0 aliphatic heterocycles. The van der Waals surface area contributed by atoms with Crippen molar-refractivity contribution >= 4 is 11.9 Å². The average molecular weight is 419 g/mol. The minimum atomic E-state index is -0.466. The summed E-state index contributed by atoms with van der Waals surface area (Å²) in [4.78, 5) is 23.0. The predicted octanol–water partition coefficient (Wildman–Crippen LogP) is 4.06. The highest BCUT2D eigenvalue weighted by atomic mass is 16.6. The first kappa shape index (κ1) is 27.8. The van der Waals surface area contributed by atoms with Crippen LogP contribution in [0.4, 0.5) is 0 Å². The highest BCUT2D eigenvalue weighted by Crippen LogP contribution is 2.08. The summed E-state index contributed by atoms with van der Waals surface area (Å²) >= 11 is 0. The molecule has 0 saturated carbocycles. The fraction of sp³-hybridized carbons (Fsp3) is 0.909. The number of carbonyl (C=O) groups excluding carboxylic acids is 2. The number of rotatable bonds is 19. The first-order valence-electron chi connectivity index (χ1n) is 11.0. The second kappa shape index (κ2) is 18.8. The van der Waals surface area contributed by atoms with Gasteiger partial charge >= 0.3 is 11.9 Å². The van der Waals surface area contributed by atoms with E-state index in [9.17, 15) is 9.59 Å². The van der Waals surface area contributed by atoms with Crippen molar-refractivity contribution in [2.75, 3.05) is 46.2 Å². The number of esters is 2. The van der Waals surface area contributed by atoms with E-state index in [2.05, 4.69) is 6.92 Å². The molecule has 0 aliphatic carbocycles. The molecule has 0 bridgehead atoms. The van der Waals surface area contributed by atoms with Gasteiger partial charge in [0.2, 0.25) is 0 Å². The van der Waals surface area contributed by atoms with E-state index >= 15 is 0 Å². The van der Waals surface area contributed by atoms with E-state index in [1.54, 1.807) is 0 Å². The van der Waals surface area contributed by atoms with Crippen molar-refractivity contribution in [1.82, 2.24) is 0 Å². The topological polar surface area (TPSA) is 80.3 Å². The molecule has 0 aliphatic rings. The third kappa shape index (κ3) is 23.0. The predicted molar refractivity (Wildman–Crippen MR) is 112 cm³/mol. The monoisotopic (exact) mass is 418 g/mol. The van der Waals surface area contributed by atoms with Gasteiger partial charge in [-0.1, -0.05) is 39.0 Å². The smallest absolute Gasteiger partial charge is 0.308 e. The molecule has 0 amide bonds. The van der Waals surface area contributed by atoms with Crippen LogP contribution >= 0.6 is 0 Å². The van der Waals surface area contributed by atoms with Crippen molar-refractivity contribution in [2.24, 2.45) is 0 Å². The van der Waals surface area contributed by atoms with Crippen molar-refractivity contribution in [3.8, 4) is 0 Å². The average Bonchev–Trinajstić information content (AvgIpc) is 2.64. The van der Waals surface area contributed by atoms with Gasteiger partial charge in [-0.05, 0) is 27.2 Å². The van der Waals surface area contributed by atoms with E-state index in [1.807, 2.05) is 20.8 Å². The minimum Gasteiger partial charge on any atom is -0.463 e. The Labute approximate surface area is 176 Å². The Balaban J connectivity index is 3.25. The SMILES string of the molecule is CCCCCCCCC(=O)OCCOCCOCCOCCC(=O)OC(C)(C)C. The van der Waals surface area contributed by atoms with Crippen LogP contribution in [0.5, 0.6) is 0 Å². The zero-order valence-electron chi connectivity index (χ0n) is 19.0. The number of carbonyl (C=O) groups is 2. The second-order valence-electron chi connectivity index (χ2n) is 7.91. The standard InChI is InChI=1S/C22H42O7/c1-5-6-7-8-9-10-11-20(23)28-19-18-27-17-16-26-15-14-25-13-12-21(24)29-22(2,3)4/h5-19H2,1-4H3. The Morgan fingerprint density at radius 2 is 1.14 bits per heavy atom. The van der Waals surface area contributed by atoms with Gasteiger partial charge in [0, 0.05) is 6.42 Å². The third-order valence-corrected chi connectivity index (χ3v) is 3.84. The van der Waals surface area contributed by atoms with Gasteiger partial charge in [0.15, 0.2) is 0 Å². The molecule has 0 radical (unpaired) electrons. The van der Waals surface area contributed by atoms with Crippen LogP contribution < -0.4 is 0 Å². The molecule has 0 N–H and O–H groups in total. The summed E-state index contributed by atoms with van der Waals surface area (Å²) in [6.45, 7) is 10.4. The second-order valence-corrected chi connectivity index (χ2v) is 7.91. The Kier molecular flexibility index (Phi) is 18.1. The molecule has 0 aromatic carbocycles. The molecule has 29 heavy (non-hydrogen) atoms. The van der Waals surface area contributed by atoms with E-state index in [0.29, 0.717) is 46.1 Å². The zero-order valence-corrected chi connectivity index (χ0v) is 19.0. The molecule has 0 saturated heterocycles. The first-order valence-corrected chi connectivity index (χ1v) is 11.0. The first-order chi connectivity index (χ1) is 13.8. The van der Waals surface area contributed by atoms with Crippen LogP contribution in [0, 0.1) is 0 Å². The highest BCUT2D eigenvalue weighted by molar-refractivity contribution is 5.70. The molecule has 0 spiro atoms. The molecule has 0 aromatic rings. The fourth-order valence-electron chi connectivity index (χ4n) is 2.43. The molecule has 0 aromatic heterocycles. The maximum atomic E-state index is 11.6. The fourth-order valence-corrected chi connectivity index (χ4v) is 2.43. The summed E-state index contributed by atoms with van der Waals surface area (Å²) in [6, 6.07) is 0. The lowest BCUT2D eigenvalue weighted by atomic mass is 10.1. The lowest BCUT2D eigenvalue weighted by Gasteiger charge is -2.19. The maximum absolute atomic E-state index is 11.6. The summed E-state index contributed by atoms with van der Waals surface area (Å²) in [7, 11) is 0. The van der Waals surface area contributed by atoms with Gasteiger partial charge in [-0.25, -0.2) is 0 Å². The van der Waals surface area contributed by atoms with Crippen LogP contribution in [0.15, 0.2) is 0 Å². The lowest BCUT2D eigenvalue weighted by molar-refractivity contribution is -0.156. The van der Waals surface area contributed by atoms with Gasteiger partial charge in [-0.3, -0.25) is 9.59 Å². The summed E-state index contributed by atoms with van der Waals surface area (Å²) in [5, 5.41) is 0. The largest absolute Gasteiger partial charge is 0.463 e. The summed E-state index contributed by atoms with van der Waals surface area (Å²) < 4.78 is 26.4. The van der Waals surface area contributed by atoms with Gasteiger partial charge in [-0.15, -0.1) is 0 Å². The number of unbranched alkanes of at least 4 members (excludes halogenated alkanes) is 5. The van der Waals surface area contributed by atoms with Crippen molar-refractivity contribution in [2.45, 2.75) is 84.7 Å². The molecule has 172 valence electrons. The van der Waals surface area contributed by atoms with Crippen molar-refractivity contribution in [1.29, 1.82) is 0 Å². The highest BCUT2D eigenvalue weighted by Gasteiger charge is 2.15. The number of hydrogen-bond acceptors (Lipinski definition) is 7. The van der Waals surface area contributed by atoms with Crippen LogP contribution in [0.25, 0.3) is 0 Å². The van der Waals surface area contributed by atoms with E-state index in [0.717, 1.165) is 12.8 Å². The molecule has 7 nitrogen and oxygen atoms in total. The summed E-state index contributed by atoms with van der Waals surface area (Å²) in [6.07, 6.45) is 7.66. The zero-order chi connectivity index (χ0) is 21.8. The minimum absolute atomic E-state index is 0.149. The van der Waals surface area contributed by atoms with Crippen LogP contribution in [-0.2, 0) is 33.3 Å². The van der Waals surface area contributed by atoms with Crippen LogP contribution in [-0.4, -0.2) is 63.8 Å². The maximum Gasteiger partial charge on any atom is 0.308 e. The quantitative estimate of drug-likeness (QED) is 0.231. The summed E-state index contributed by atoms with van der Waals surface area (Å²) in [5.41, 5.74) is -0.466. The van der Waals surface area contributed by atoms with Gasteiger partial charge in [-0.2, -0.15) is 0 Å². The van der Waals surface area contributed by atoms with Crippen molar-refractivity contribution in [3.05, 3.63) is 0 Å².